The van der Waals surface area contributed by atoms with Crippen LogP contribution in [0.2, 0.25) is 0 Å². The van der Waals surface area contributed by atoms with E-state index in [1.54, 1.807) is 35.3 Å². The van der Waals surface area contributed by atoms with Crippen LogP contribution >= 0.6 is 0 Å². The lowest BCUT2D eigenvalue weighted by atomic mass is 10.2. The van der Waals surface area contributed by atoms with E-state index in [9.17, 15) is 13.2 Å². The van der Waals surface area contributed by atoms with Crippen molar-refractivity contribution in [1.29, 1.82) is 0 Å². The number of carbonyl (C=O) groups is 1. The Morgan fingerprint density at radius 2 is 2.00 bits per heavy atom. The largest absolute Gasteiger partial charge is 0.481 e. The van der Waals surface area contributed by atoms with Crippen LogP contribution in [-0.4, -0.2) is 40.0 Å². The normalized spacial score (nSPS) is 11.2. The van der Waals surface area contributed by atoms with E-state index in [-0.39, 0.29) is 0 Å². The molecular formula is C12H14N4O4S. The van der Waals surface area contributed by atoms with Crippen molar-refractivity contribution in [3.63, 3.8) is 0 Å². The molecule has 1 aromatic carbocycles. The molecule has 0 bridgehead atoms. The van der Waals surface area contributed by atoms with Gasteiger partial charge in [0, 0.05) is 5.69 Å². The van der Waals surface area contributed by atoms with Crippen molar-refractivity contribution in [1.82, 2.24) is 14.8 Å². The van der Waals surface area contributed by atoms with Gasteiger partial charge >= 0.3 is 5.97 Å². The molecule has 0 saturated heterocycles. The van der Waals surface area contributed by atoms with Crippen LogP contribution in [0, 0.1) is 0 Å². The van der Waals surface area contributed by atoms with Crippen LogP contribution in [-0.2, 0) is 21.4 Å². The summed E-state index contributed by atoms with van der Waals surface area (Å²) in [6.07, 6.45) is 2.59. The molecule has 0 aliphatic rings. The number of nitrogens with one attached hydrogen (secondary N) is 1. The zero-order chi connectivity index (χ0) is 15.3. The van der Waals surface area contributed by atoms with Crippen LogP contribution in [0.3, 0.4) is 0 Å². The van der Waals surface area contributed by atoms with Crippen molar-refractivity contribution in [2.75, 3.05) is 10.5 Å². The molecule has 0 unspecified atom stereocenters. The third kappa shape index (κ3) is 4.88. The molecule has 112 valence electrons. The topological polar surface area (TPSA) is 114 Å². The third-order valence-electron chi connectivity index (χ3n) is 2.62. The summed E-state index contributed by atoms with van der Waals surface area (Å²) >= 11 is 0. The molecule has 1 heterocycles. The first-order chi connectivity index (χ1) is 9.94. The lowest BCUT2D eigenvalue weighted by Crippen LogP contribution is -2.18. The van der Waals surface area contributed by atoms with Crippen molar-refractivity contribution in [3.05, 3.63) is 42.5 Å². The molecule has 2 aromatic rings. The molecule has 0 radical (unpaired) electrons. The number of anilines is 1. The lowest BCUT2D eigenvalue weighted by Gasteiger charge is -2.08. The number of hydrogen-bond acceptors (Lipinski definition) is 5. The van der Waals surface area contributed by atoms with E-state index in [1.165, 1.54) is 6.33 Å². The number of sulfonamides is 1. The molecule has 0 aliphatic heterocycles. The molecule has 0 amide bonds. The minimum atomic E-state index is -3.65. The molecule has 0 spiro atoms. The summed E-state index contributed by atoms with van der Waals surface area (Å²) in [6.45, 7) is 0.534. The highest BCUT2D eigenvalue weighted by atomic mass is 32.2. The van der Waals surface area contributed by atoms with E-state index < -0.39 is 28.2 Å². The molecule has 0 aliphatic carbocycles. The molecular weight excluding hydrogens is 296 g/mol. The predicted molar refractivity (Wildman–Crippen MR) is 75.2 cm³/mol. The standard InChI is InChI=1S/C12H14N4O4S/c17-12(18)5-6-21(19,20)15-11-3-1-10(2-4-11)7-16-9-13-8-14-16/h1-4,8-9,15H,5-7H2,(H,17,18). The molecule has 0 fully saturated rings. The van der Waals surface area contributed by atoms with Crippen molar-refractivity contribution in [2.24, 2.45) is 0 Å². The van der Waals surface area contributed by atoms with E-state index in [1.807, 2.05) is 0 Å². The summed E-state index contributed by atoms with van der Waals surface area (Å²) in [5.41, 5.74) is 1.33. The minimum Gasteiger partial charge on any atom is -0.481 e. The summed E-state index contributed by atoms with van der Waals surface area (Å²) < 4.78 is 27.3. The molecule has 8 nitrogen and oxygen atoms in total. The van der Waals surface area contributed by atoms with E-state index in [2.05, 4.69) is 14.8 Å². The van der Waals surface area contributed by atoms with Crippen molar-refractivity contribution in [3.8, 4) is 0 Å². The summed E-state index contributed by atoms with van der Waals surface area (Å²) in [7, 11) is -3.65. The highest BCUT2D eigenvalue weighted by Gasteiger charge is 2.12. The fraction of sp³-hybridized carbons (Fsp3) is 0.250. The lowest BCUT2D eigenvalue weighted by molar-refractivity contribution is -0.136. The second-order valence-corrected chi connectivity index (χ2v) is 6.20. The number of carboxylic acid groups (broad SMARTS) is 1. The van der Waals surface area contributed by atoms with Crippen LogP contribution in [0.4, 0.5) is 5.69 Å². The van der Waals surface area contributed by atoms with E-state index in [0.717, 1.165) is 5.56 Å². The number of hydrogen-bond donors (Lipinski definition) is 2. The highest BCUT2D eigenvalue weighted by molar-refractivity contribution is 7.92. The fourth-order valence-electron chi connectivity index (χ4n) is 1.63. The first-order valence-electron chi connectivity index (χ1n) is 6.08. The maximum absolute atomic E-state index is 11.6. The van der Waals surface area contributed by atoms with Gasteiger partial charge in [-0.05, 0) is 17.7 Å². The van der Waals surface area contributed by atoms with Gasteiger partial charge in [-0.25, -0.2) is 18.1 Å². The minimum absolute atomic E-state index is 0.391. The van der Waals surface area contributed by atoms with Crippen LogP contribution in [0.25, 0.3) is 0 Å². The number of carboxylic acids is 1. The van der Waals surface area contributed by atoms with Gasteiger partial charge in [-0.1, -0.05) is 12.1 Å². The Balaban J connectivity index is 1.97. The number of aromatic nitrogens is 3. The van der Waals surface area contributed by atoms with Gasteiger partial charge in [-0.2, -0.15) is 5.10 Å². The summed E-state index contributed by atoms with van der Waals surface area (Å²) in [5.74, 6) is -1.60. The molecule has 0 atom stereocenters. The Hall–Kier alpha value is -2.42. The predicted octanol–water partition coefficient (Wildman–Crippen LogP) is 0.543. The molecule has 9 heteroatoms. The first kappa shape index (κ1) is 15.0. The summed E-state index contributed by atoms with van der Waals surface area (Å²) in [5, 5.41) is 12.5. The van der Waals surface area contributed by atoms with Gasteiger partial charge in [0.1, 0.15) is 12.7 Å². The maximum Gasteiger partial charge on any atom is 0.304 e. The molecule has 1 aromatic heterocycles. The van der Waals surface area contributed by atoms with Gasteiger partial charge in [0.15, 0.2) is 0 Å². The zero-order valence-electron chi connectivity index (χ0n) is 11.0. The Labute approximate surface area is 121 Å². The quantitative estimate of drug-likeness (QED) is 0.771. The first-order valence-corrected chi connectivity index (χ1v) is 7.73. The van der Waals surface area contributed by atoms with Gasteiger partial charge in [0.25, 0.3) is 0 Å². The fourth-order valence-corrected chi connectivity index (χ4v) is 2.67. The van der Waals surface area contributed by atoms with E-state index >= 15 is 0 Å². The molecule has 21 heavy (non-hydrogen) atoms. The Bertz CT molecular complexity index is 695. The smallest absolute Gasteiger partial charge is 0.304 e. The van der Waals surface area contributed by atoms with Gasteiger partial charge < -0.3 is 5.11 Å². The Morgan fingerprint density at radius 3 is 2.57 bits per heavy atom. The van der Waals surface area contributed by atoms with Gasteiger partial charge in [-0.3, -0.25) is 9.52 Å². The van der Waals surface area contributed by atoms with E-state index in [4.69, 9.17) is 5.11 Å². The van der Waals surface area contributed by atoms with E-state index in [0.29, 0.717) is 12.2 Å². The van der Waals surface area contributed by atoms with Crippen LogP contribution in [0.15, 0.2) is 36.9 Å². The zero-order valence-corrected chi connectivity index (χ0v) is 11.8. The van der Waals surface area contributed by atoms with Crippen LogP contribution in [0.5, 0.6) is 0 Å². The van der Waals surface area contributed by atoms with Crippen molar-refractivity contribution < 1.29 is 18.3 Å². The molecule has 0 saturated carbocycles. The monoisotopic (exact) mass is 310 g/mol. The number of benzene rings is 1. The average molecular weight is 310 g/mol. The average Bonchev–Trinajstić information content (AvgIpc) is 2.92. The number of aliphatic carboxylic acids is 1. The molecule has 2 N–H and O–H groups in total. The maximum atomic E-state index is 11.6. The van der Waals surface area contributed by atoms with Gasteiger partial charge in [-0.15, -0.1) is 0 Å². The number of rotatable bonds is 7. The van der Waals surface area contributed by atoms with Gasteiger partial charge in [0.2, 0.25) is 10.0 Å². The molecule has 2 rings (SSSR count). The van der Waals surface area contributed by atoms with Gasteiger partial charge in [0.05, 0.1) is 18.7 Å². The SMILES string of the molecule is O=C(O)CCS(=O)(=O)Nc1ccc(Cn2cncn2)cc1. The third-order valence-corrected chi connectivity index (χ3v) is 3.91. The Morgan fingerprint density at radius 1 is 1.29 bits per heavy atom. The van der Waals surface area contributed by atoms with Crippen LogP contribution in [0.1, 0.15) is 12.0 Å². The second-order valence-electron chi connectivity index (χ2n) is 4.35. The summed E-state index contributed by atoms with van der Waals surface area (Å²) in [4.78, 5) is 14.2. The Kier molecular flexibility index (Phi) is 4.53. The van der Waals surface area contributed by atoms with Crippen molar-refractivity contribution >= 4 is 21.7 Å². The van der Waals surface area contributed by atoms with Crippen LogP contribution < -0.4 is 4.72 Å². The van der Waals surface area contributed by atoms with Crippen molar-refractivity contribution in [2.45, 2.75) is 13.0 Å². The summed E-state index contributed by atoms with van der Waals surface area (Å²) in [6, 6.07) is 6.75. The highest BCUT2D eigenvalue weighted by Crippen LogP contribution is 2.12. The number of nitrogens with zero attached hydrogens (tertiary/aromatic N) is 3. The second kappa shape index (κ2) is 6.35.